The van der Waals surface area contributed by atoms with Crippen molar-refractivity contribution >= 4 is 42.2 Å². The third-order valence-corrected chi connectivity index (χ3v) is 9.82. The summed E-state index contributed by atoms with van der Waals surface area (Å²) in [7, 11) is 1.34. The molecule has 14 nitrogen and oxygen atoms in total. The minimum atomic E-state index is -2.04. The third-order valence-electron chi connectivity index (χ3n) is 9.82. The van der Waals surface area contributed by atoms with Crippen LogP contribution < -0.4 is 16.2 Å². The van der Waals surface area contributed by atoms with E-state index in [-0.39, 0.29) is 72.1 Å². The lowest BCUT2D eigenvalue weighted by Crippen LogP contribution is -2.57. The summed E-state index contributed by atoms with van der Waals surface area (Å²) in [5.74, 6) is -3.24. The molecule has 270 valence electrons. The number of aliphatic hydroxyl groups is 2. The van der Waals surface area contributed by atoms with Crippen molar-refractivity contribution in [2.24, 2.45) is 11.5 Å². The van der Waals surface area contributed by atoms with Crippen LogP contribution in [0.25, 0.3) is 0 Å². The summed E-state index contributed by atoms with van der Waals surface area (Å²) in [4.78, 5) is 40.2. The lowest BCUT2D eigenvalue weighted by molar-refractivity contribution is -0.294. The molecule has 2 aromatic carbocycles. The predicted octanol–water partition coefficient (Wildman–Crippen LogP) is 1.72. The van der Waals surface area contributed by atoms with Crippen molar-refractivity contribution in [3.8, 4) is 17.2 Å². The largest absolute Gasteiger partial charge is 0.507 e. The number of phenolic OH excluding ortho intramolecular Hbond substituents is 2. The molecule has 49 heavy (non-hydrogen) atoms. The fourth-order valence-corrected chi connectivity index (χ4v) is 7.21. The van der Waals surface area contributed by atoms with Gasteiger partial charge in [-0.3, -0.25) is 14.4 Å². The van der Waals surface area contributed by atoms with Gasteiger partial charge in [-0.2, -0.15) is 0 Å². The highest BCUT2D eigenvalue weighted by atomic mass is 35.5. The summed E-state index contributed by atoms with van der Waals surface area (Å²) >= 11 is 0. The quantitative estimate of drug-likeness (QED) is 0.199. The maximum absolute atomic E-state index is 13.8. The Kier molecular flexibility index (Phi) is 11.4. The lowest BCUT2D eigenvalue weighted by Gasteiger charge is -2.44. The number of ketones is 3. The number of aromatic hydroxyl groups is 2. The summed E-state index contributed by atoms with van der Waals surface area (Å²) in [6, 6.07) is 3.25. The second kappa shape index (κ2) is 14.4. The van der Waals surface area contributed by atoms with Crippen LogP contribution in [0.5, 0.6) is 17.2 Å². The van der Waals surface area contributed by atoms with E-state index in [0.29, 0.717) is 0 Å². The number of aliphatic hydroxyl groups excluding tert-OH is 1. The maximum Gasteiger partial charge on any atom is 0.202 e. The number of hydrogen-bond donors (Lipinski definition) is 6. The van der Waals surface area contributed by atoms with E-state index in [1.54, 1.807) is 13.8 Å². The van der Waals surface area contributed by atoms with E-state index < -0.39 is 107 Å². The van der Waals surface area contributed by atoms with E-state index in [2.05, 4.69) is 0 Å². The highest BCUT2D eigenvalue weighted by Gasteiger charge is 2.50. The highest BCUT2D eigenvalue weighted by Crippen LogP contribution is 2.52. The minimum Gasteiger partial charge on any atom is -0.507 e. The van der Waals surface area contributed by atoms with Crippen molar-refractivity contribution in [1.29, 1.82) is 0 Å². The first-order valence-corrected chi connectivity index (χ1v) is 15.6. The van der Waals surface area contributed by atoms with Gasteiger partial charge in [0.25, 0.3) is 0 Å². The fourth-order valence-electron chi connectivity index (χ4n) is 7.21. The van der Waals surface area contributed by atoms with Gasteiger partial charge in [0.15, 0.2) is 24.1 Å². The number of fused-ring (bicyclic) bond motifs is 3. The zero-order valence-corrected chi connectivity index (χ0v) is 28.9. The topological polar surface area (TPSA) is 230 Å². The molecule has 2 aliphatic carbocycles. The lowest BCUT2D eigenvalue weighted by atomic mass is 9.72. The maximum atomic E-state index is 13.8. The van der Waals surface area contributed by atoms with Crippen LogP contribution in [0.4, 0.5) is 0 Å². The van der Waals surface area contributed by atoms with E-state index in [4.69, 9.17) is 35.2 Å². The Bertz CT molecular complexity index is 1620. The molecule has 2 aromatic rings. The number of Topliss-reactive ketones (excluding diaryl/α,β-unsaturated/α-hetero) is 1. The molecule has 4 aliphatic rings. The molecule has 0 aromatic heterocycles. The number of phenols is 2. The molecule has 2 saturated heterocycles. The fraction of sp³-hybridized carbons (Fsp3) is 0.545. The normalized spacial score (nSPS) is 33.7. The summed E-state index contributed by atoms with van der Waals surface area (Å²) < 4.78 is 29.6. The Morgan fingerprint density at radius 2 is 1.53 bits per heavy atom. The smallest absolute Gasteiger partial charge is 0.202 e. The van der Waals surface area contributed by atoms with Crippen LogP contribution in [0.2, 0.25) is 0 Å². The summed E-state index contributed by atoms with van der Waals surface area (Å²) in [6.07, 6.45) is -6.16. The van der Waals surface area contributed by atoms with Gasteiger partial charge in [-0.15, -0.1) is 24.8 Å². The number of benzene rings is 2. The molecule has 16 heteroatoms. The van der Waals surface area contributed by atoms with E-state index >= 15 is 0 Å². The van der Waals surface area contributed by atoms with Crippen molar-refractivity contribution in [3.63, 3.8) is 0 Å². The van der Waals surface area contributed by atoms with Crippen LogP contribution in [0.15, 0.2) is 18.2 Å². The molecule has 10 atom stereocenters. The van der Waals surface area contributed by atoms with Gasteiger partial charge in [0.2, 0.25) is 5.78 Å². The Labute approximate surface area is 294 Å². The van der Waals surface area contributed by atoms with Gasteiger partial charge in [0, 0.05) is 54.5 Å². The molecule has 0 bridgehead atoms. The first-order chi connectivity index (χ1) is 22.2. The van der Waals surface area contributed by atoms with Gasteiger partial charge in [-0.1, -0.05) is 12.1 Å². The van der Waals surface area contributed by atoms with E-state index in [1.807, 2.05) is 0 Å². The van der Waals surface area contributed by atoms with Gasteiger partial charge in [-0.25, -0.2) is 0 Å². The Balaban J connectivity index is 0.00000270. The molecule has 6 rings (SSSR count). The second-order valence-corrected chi connectivity index (χ2v) is 12.9. The van der Waals surface area contributed by atoms with E-state index in [9.17, 15) is 34.8 Å². The summed E-state index contributed by atoms with van der Waals surface area (Å²) in [5, 5.41) is 44.7. The van der Waals surface area contributed by atoms with Gasteiger partial charge in [0.05, 0.1) is 48.2 Å². The molecular weight excluding hydrogens is 687 g/mol. The van der Waals surface area contributed by atoms with Crippen LogP contribution in [0.1, 0.15) is 89.1 Å². The monoisotopic (exact) mass is 728 g/mol. The van der Waals surface area contributed by atoms with Crippen molar-refractivity contribution < 1.29 is 58.5 Å². The van der Waals surface area contributed by atoms with Gasteiger partial charge in [0.1, 0.15) is 29.0 Å². The van der Waals surface area contributed by atoms with Crippen molar-refractivity contribution in [2.45, 2.75) is 107 Å². The molecule has 0 amide bonds. The Hall–Kier alpha value is -2.89. The molecule has 0 spiro atoms. The SMILES string of the molecule is COc1cccc2c1C(=O)c1c(O)c3c(c(O)c1C2=O)C[C@@](O)(C(C)=O)C[C@@H]3O[C@H]1C[C@H](N)[C@H](O[C@H]2C[C@H](N)[C@@H](O)[C@H](C)O2)[C@H](C)O1.Cl.Cl. The van der Waals surface area contributed by atoms with Crippen LogP contribution in [0.3, 0.4) is 0 Å². The number of ether oxygens (including phenoxy) is 5. The molecule has 2 aliphatic heterocycles. The van der Waals surface area contributed by atoms with Crippen molar-refractivity contribution in [3.05, 3.63) is 51.6 Å². The molecule has 2 heterocycles. The van der Waals surface area contributed by atoms with Crippen molar-refractivity contribution in [1.82, 2.24) is 0 Å². The molecule has 2 fully saturated rings. The standard InChI is InChI=1S/C33H40N2O12.2ClH/c1-12-27(37)17(34)8-22(44-12)47-32-13(2)45-21(9-18(32)35)46-20-11-33(42,14(3)36)10-16-24(20)31(41)26-25(29(16)39)28(38)15-6-5-7-19(43-4)23(15)30(26)40;;/h5-7,12-13,17-18,20-22,27,32,37,39,41-42H,8-11,34-35H2,1-4H3;2*1H/t12-,13-,17-,18-,20-,21-,22-,27-,32+,33-;;/m0../s1. The zero-order chi connectivity index (χ0) is 34.1. The second-order valence-electron chi connectivity index (χ2n) is 12.9. The number of carbonyl (C=O) groups excluding carboxylic acids is 3. The zero-order valence-electron chi connectivity index (χ0n) is 27.3. The van der Waals surface area contributed by atoms with Crippen molar-refractivity contribution in [2.75, 3.05) is 7.11 Å². The molecular formula is C33H42Cl2N2O12. The number of nitrogens with two attached hydrogens (primary N) is 2. The summed E-state index contributed by atoms with van der Waals surface area (Å²) in [6.45, 7) is 4.60. The van der Waals surface area contributed by atoms with Crippen LogP contribution in [-0.2, 0) is 30.2 Å². The number of carbonyl (C=O) groups is 3. The number of hydrogen-bond acceptors (Lipinski definition) is 14. The van der Waals surface area contributed by atoms with Crippen LogP contribution >= 0.6 is 24.8 Å². The number of halogens is 2. The summed E-state index contributed by atoms with van der Waals surface area (Å²) in [5.41, 5.74) is 9.42. The van der Waals surface area contributed by atoms with Gasteiger partial charge >= 0.3 is 0 Å². The first-order valence-electron chi connectivity index (χ1n) is 15.6. The first kappa shape index (κ1) is 38.9. The predicted molar refractivity (Wildman–Crippen MR) is 177 cm³/mol. The average molecular weight is 730 g/mol. The Morgan fingerprint density at radius 1 is 0.918 bits per heavy atom. The number of rotatable bonds is 6. The van der Waals surface area contributed by atoms with E-state index in [0.717, 1.165) is 0 Å². The molecule has 8 N–H and O–H groups in total. The van der Waals surface area contributed by atoms with E-state index in [1.165, 1.54) is 32.2 Å². The molecule has 0 radical (unpaired) electrons. The number of methoxy groups -OCH3 is 1. The van der Waals surface area contributed by atoms with Gasteiger partial charge < -0.3 is 55.6 Å². The van der Waals surface area contributed by atoms with Crippen LogP contribution in [0, 0.1) is 0 Å². The molecule has 0 unspecified atom stereocenters. The van der Waals surface area contributed by atoms with Crippen LogP contribution in [-0.4, -0.2) is 99.6 Å². The third kappa shape index (κ3) is 6.55. The Morgan fingerprint density at radius 3 is 2.14 bits per heavy atom. The molecule has 0 saturated carbocycles. The average Bonchev–Trinajstić information content (AvgIpc) is 3.01. The van der Waals surface area contributed by atoms with Gasteiger partial charge in [-0.05, 0) is 26.8 Å². The highest BCUT2D eigenvalue weighted by molar-refractivity contribution is 6.31. The minimum absolute atomic E-state index is 0.